The molecule has 0 aromatic heterocycles. The maximum absolute atomic E-state index is 12.6. The first kappa shape index (κ1) is 17.1. The van der Waals surface area contributed by atoms with Gasteiger partial charge in [0, 0.05) is 0 Å². The summed E-state index contributed by atoms with van der Waals surface area (Å²) in [5.41, 5.74) is -0.287. The minimum atomic E-state index is -4.39. The molecule has 1 amide bonds. The lowest BCUT2D eigenvalue weighted by atomic mass is 10.1. The summed E-state index contributed by atoms with van der Waals surface area (Å²) in [6.07, 6.45) is -2.70. The summed E-state index contributed by atoms with van der Waals surface area (Å²) in [6.45, 7) is 4.04. The summed E-state index contributed by atoms with van der Waals surface area (Å²) in [6, 6.07) is 4.53. The monoisotopic (exact) mass is 359 g/mol. The second-order valence-electron chi connectivity index (χ2n) is 6.23. The number of nitrogens with one attached hydrogen (secondary N) is 1. The SMILES string of the molecule is CCC1C(C)C1(Cl)C1NC(=O)/C(=C/c2ccc(C(F)(F)F)cc2)O1. The van der Waals surface area contributed by atoms with Crippen molar-refractivity contribution in [1.82, 2.24) is 5.32 Å². The van der Waals surface area contributed by atoms with Crippen LogP contribution >= 0.6 is 11.6 Å². The van der Waals surface area contributed by atoms with Crippen molar-refractivity contribution >= 4 is 23.6 Å². The van der Waals surface area contributed by atoms with E-state index >= 15 is 0 Å². The number of benzene rings is 1. The third-order valence-corrected chi connectivity index (χ3v) is 5.69. The van der Waals surface area contributed by atoms with Crippen molar-refractivity contribution in [2.75, 3.05) is 0 Å². The van der Waals surface area contributed by atoms with Crippen molar-refractivity contribution in [1.29, 1.82) is 0 Å². The third kappa shape index (κ3) is 2.77. The first-order chi connectivity index (χ1) is 11.2. The summed E-state index contributed by atoms with van der Waals surface area (Å²) in [5.74, 6) is 0.136. The maximum Gasteiger partial charge on any atom is 0.416 e. The molecule has 3 rings (SSSR count). The van der Waals surface area contributed by atoms with Gasteiger partial charge in [0.25, 0.3) is 5.91 Å². The first-order valence-electron chi connectivity index (χ1n) is 7.73. The topological polar surface area (TPSA) is 38.3 Å². The van der Waals surface area contributed by atoms with Gasteiger partial charge in [0.1, 0.15) is 4.87 Å². The average molecular weight is 360 g/mol. The summed E-state index contributed by atoms with van der Waals surface area (Å²) >= 11 is 6.58. The van der Waals surface area contributed by atoms with E-state index in [0.29, 0.717) is 5.56 Å². The predicted octanol–water partition coefficient (Wildman–Crippen LogP) is 4.17. The van der Waals surface area contributed by atoms with Crippen molar-refractivity contribution in [3.63, 3.8) is 0 Å². The van der Waals surface area contributed by atoms with Crippen LogP contribution in [0.25, 0.3) is 6.08 Å². The Bertz CT molecular complexity index is 686. The highest BCUT2D eigenvalue weighted by molar-refractivity contribution is 6.27. The van der Waals surface area contributed by atoms with Gasteiger partial charge < -0.3 is 10.1 Å². The van der Waals surface area contributed by atoms with Crippen molar-refractivity contribution in [2.24, 2.45) is 11.8 Å². The number of ether oxygens (including phenoxy) is 1. The van der Waals surface area contributed by atoms with Crippen LogP contribution in [0, 0.1) is 11.8 Å². The van der Waals surface area contributed by atoms with Crippen LogP contribution in [0.3, 0.4) is 0 Å². The van der Waals surface area contributed by atoms with E-state index in [-0.39, 0.29) is 17.6 Å². The fourth-order valence-corrected chi connectivity index (χ4v) is 3.88. The molecule has 7 heteroatoms. The van der Waals surface area contributed by atoms with Gasteiger partial charge >= 0.3 is 6.18 Å². The Hall–Kier alpha value is -1.69. The standard InChI is InChI=1S/C17H17ClF3NO2/c1-3-12-9(2)16(12,18)15-22-14(23)13(24-15)8-10-4-6-11(7-5-10)17(19,20)21/h4-9,12,15H,3H2,1-2H3,(H,22,23)/b13-8-. The summed E-state index contributed by atoms with van der Waals surface area (Å²) in [5, 5.41) is 2.72. The van der Waals surface area contributed by atoms with Gasteiger partial charge in [-0.1, -0.05) is 32.4 Å². The molecule has 1 N–H and O–H groups in total. The van der Waals surface area contributed by atoms with Gasteiger partial charge in [-0.3, -0.25) is 4.79 Å². The van der Waals surface area contributed by atoms with Crippen LogP contribution < -0.4 is 5.32 Å². The Labute approximate surface area is 142 Å². The normalized spacial score (nSPS) is 34.2. The maximum atomic E-state index is 12.6. The Balaban J connectivity index is 1.76. The van der Waals surface area contributed by atoms with Gasteiger partial charge in [-0.25, -0.2) is 0 Å². The lowest BCUT2D eigenvalue weighted by Crippen LogP contribution is -2.38. The Kier molecular flexibility index (Phi) is 4.06. The minimum Gasteiger partial charge on any atom is -0.463 e. The molecule has 130 valence electrons. The average Bonchev–Trinajstić information content (AvgIpc) is 2.85. The van der Waals surface area contributed by atoms with Crippen LogP contribution in [0.1, 0.15) is 31.4 Å². The van der Waals surface area contributed by atoms with Crippen LogP contribution in [-0.4, -0.2) is 17.0 Å². The zero-order chi connectivity index (χ0) is 17.7. The number of hydrogen-bond donors (Lipinski definition) is 1. The van der Waals surface area contributed by atoms with E-state index in [2.05, 4.69) is 5.32 Å². The van der Waals surface area contributed by atoms with E-state index in [0.717, 1.165) is 18.6 Å². The molecule has 1 aliphatic carbocycles. The molecule has 1 saturated carbocycles. The van der Waals surface area contributed by atoms with Crippen LogP contribution in [0.4, 0.5) is 13.2 Å². The molecule has 4 unspecified atom stereocenters. The lowest BCUT2D eigenvalue weighted by Gasteiger charge is -2.17. The largest absolute Gasteiger partial charge is 0.463 e. The molecule has 1 aromatic carbocycles. The molecule has 1 saturated heterocycles. The second-order valence-corrected chi connectivity index (χ2v) is 6.89. The predicted molar refractivity (Wildman–Crippen MR) is 84.0 cm³/mol. The fourth-order valence-electron chi connectivity index (χ4n) is 3.35. The first-order valence-corrected chi connectivity index (χ1v) is 8.11. The number of rotatable bonds is 3. The minimum absolute atomic E-state index is 0.0636. The fraction of sp³-hybridized carbons (Fsp3) is 0.471. The third-order valence-electron chi connectivity index (χ3n) is 4.87. The highest BCUT2D eigenvalue weighted by atomic mass is 35.5. The number of hydrogen-bond acceptors (Lipinski definition) is 2. The molecule has 1 aliphatic heterocycles. The van der Waals surface area contributed by atoms with E-state index in [9.17, 15) is 18.0 Å². The Morgan fingerprint density at radius 3 is 2.46 bits per heavy atom. The van der Waals surface area contributed by atoms with Crippen LogP contribution in [0.15, 0.2) is 30.0 Å². The molecule has 3 nitrogen and oxygen atoms in total. The van der Waals surface area contributed by atoms with Crippen molar-refractivity contribution in [2.45, 2.75) is 37.5 Å². The molecule has 2 fully saturated rings. The smallest absolute Gasteiger partial charge is 0.416 e. The van der Waals surface area contributed by atoms with Gasteiger partial charge in [-0.05, 0) is 35.6 Å². The number of amides is 1. The summed E-state index contributed by atoms with van der Waals surface area (Å²) < 4.78 is 43.3. The number of carbonyl (C=O) groups excluding carboxylic acids is 1. The molecular formula is C17H17ClF3NO2. The van der Waals surface area contributed by atoms with Gasteiger partial charge in [0.2, 0.25) is 0 Å². The molecule has 4 atom stereocenters. The summed E-state index contributed by atoms with van der Waals surface area (Å²) in [7, 11) is 0. The molecule has 0 radical (unpaired) electrons. The second kappa shape index (κ2) is 5.69. The van der Waals surface area contributed by atoms with Crippen LogP contribution in [0.2, 0.25) is 0 Å². The molecule has 0 spiro atoms. The number of carbonyl (C=O) groups is 1. The van der Waals surface area contributed by atoms with Gasteiger partial charge in [-0.2, -0.15) is 13.2 Å². The van der Waals surface area contributed by atoms with E-state index < -0.39 is 28.7 Å². The van der Waals surface area contributed by atoms with E-state index in [4.69, 9.17) is 16.3 Å². The van der Waals surface area contributed by atoms with Gasteiger partial charge in [0.15, 0.2) is 12.0 Å². The number of alkyl halides is 4. The molecule has 1 aromatic rings. The van der Waals surface area contributed by atoms with Crippen LogP contribution in [0.5, 0.6) is 0 Å². The zero-order valence-electron chi connectivity index (χ0n) is 13.2. The molecule has 0 bridgehead atoms. The quantitative estimate of drug-likeness (QED) is 0.649. The van der Waals surface area contributed by atoms with Gasteiger partial charge in [-0.15, -0.1) is 11.6 Å². The van der Waals surface area contributed by atoms with E-state index in [1.807, 2.05) is 13.8 Å². The van der Waals surface area contributed by atoms with Crippen molar-refractivity contribution in [3.05, 3.63) is 41.2 Å². The molecule has 24 heavy (non-hydrogen) atoms. The van der Waals surface area contributed by atoms with E-state index in [1.165, 1.54) is 18.2 Å². The molecule has 1 heterocycles. The van der Waals surface area contributed by atoms with Crippen molar-refractivity contribution < 1.29 is 22.7 Å². The van der Waals surface area contributed by atoms with E-state index in [1.54, 1.807) is 0 Å². The summed E-state index contributed by atoms with van der Waals surface area (Å²) in [4.78, 5) is 11.4. The molecule has 2 aliphatic rings. The zero-order valence-corrected chi connectivity index (χ0v) is 13.9. The van der Waals surface area contributed by atoms with Crippen LogP contribution in [-0.2, 0) is 15.7 Å². The lowest BCUT2D eigenvalue weighted by molar-refractivity contribution is -0.137. The molecular weight excluding hydrogens is 343 g/mol. The van der Waals surface area contributed by atoms with Gasteiger partial charge in [0.05, 0.1) is 5.56 Å². The van der Waals surface area contributed by atoms with Crippen molar-refractivity contribution in [3.8, 4) is 0 Å². The highest BCUT2D eigenvalue weighted by Gasteiger charge is 2.67. The Morgan fingerprint density at radius 2 is 1.96 bits per heavy atom. The Morgan fingerprint density at radius 1 is 1.33 bits per heavy atom. The number of halogens is 4. The highest BCUT2D eigenvalue weighted by Crippen LogP contribution is 2.60.